The molecule has 0 aliphatic rings. The van der Waals surface area contributed by atoms with Gasteiger partial charge in [0.25, 0.3) is 0 Å². The molecule has 6 nitrogen and oxygen atoms in total. The first-order chi connectivity index (χ1) is 9.83. The zero-order valence-corrected chi connectivity index (χ0v) is 13.2. The lowest BCUT2D eigenvalue weighted by atomic mass is 10.2. The Bertz CT molecular complexity index is 571. The third kappa shape index (κ3) is 6.14. The minimum atomic E-state index is -3.53. The highest BCUT2D eigenvalue weighted by Crippen LogP contribution is 2.21. The summed E-state index contributed by atoms with van der Waals surface area (Å²) in [4.78, 5) is 10.9. The fourth-order valence-electron chi connectivity index (χ4n) is 1.87. The van der Waals surface area contributed by atoms with Gasteiger partial charge in [0.1, 0.15) is 4.90 Å². The van der Waals surface area contributed by atoms with E-state index in [1.807, 2.05) is 0 Å². The molecule has 0 atom stereocenters. The average Bonchev–Trinajstić information content (AvgIpc) is 2.37. The fraction of sp³-hybridized carbons (Fsp3) is 0.500. The molecule has 1 aromatic carbocycles. The van der Waals surface area contributed by atoms with Gasteiger partial charge in [-0.3, -0.25) is 4.79 Å². The van der Waals surface area contributed by atoms with Gasteiger partial charge in [0.05, 0.1) is 5.69 Å². The second-order valence-corrected chi connectivity index (χ2v) is 6.80. The maximum Gasteiger partial charge on any atom is 0.242 e. The Hall–Kier alpha value is -1.60. The van der Waals surface area contributed by atoms with Gasteiger partial charge in [0.2, 0.25) is 15.9 Å². The summed E-state index contributed by atoms with van der Waals surface area (Å²) in [6, 6.07) is 6.59. The molecule has 7 heteroatoms. The molecule has 0 saturated heterocycles. The molecular weight excluding hydrogens is 290 g/mol. The van der Waals surface area contributed by atoms with Crippen LogP contribution < -0.4 is 15.8 Å². The molecule has 118 valence electrons. The second kappa shape index (κ2) is 7.99. The van der Waals surface area contributed by atoms with Crippen molar-refractivity contribution in [3.05, 3.63) is 24.3 Å². The molecule has 4 N–H and O–H groups in total. The van der Waals surface area contributed by atoms with E-state index in [9.17, 15) is 13.2 Å². The molecule has 0 radical (unpaired) electrons. The van der Waals surface area contributed by atoms with E-state index in [-0.39, 0.29) is 16.8 Å². The monoisotopic (exact) mass is 313 g/mol. The summed E-state index contributed by atoms with van der Waals surface area (Å²) in [7, 11) is -3.53. The highest BCUT2D eigenvalue weighted by molar-refractivity contribution is 7.89. The Labute approximate surface area is 126 Å². The summed E-state index contributed by atoms with van der Waals surface area (Å²) in [6.45, 7) is 4.14. The van der Waals surface area contributed by atoms with Gasteiger partial charge in [-0.05, 0) is 38.8 Å². The summed E-state index contributed by atoms with van der Waals surface area (Å²) in [5.74, 6) is -0.320. The van der Waals surface area contributed by atoms with Crippen molar-refractivity contribution in [2.24, 2.45) is 5.73 Å². The Morgan fingerprint density at radius 1 is 1.24 bits per heavy atom. The van der Waals surface area contributed by atoms with Crippen LogP contribution in [0.4, 0.5) is 5.69 Å². The van der Waals surface area contributed by atoms with Gasteiger partial charge >= 0.3 is 0 Å². The molecular formula is C14H23N3O3S. The second-order valence-electron chi connectivity index (χ2n) is 5.12. The van der Waals surface area contributed by atoms with Crippen molar-refractivity contribution in [2.45, 2.75) is 44.0 Å². The summed E-state index contributed by atoms with van der Waals surface area (Å²) in [5, 5.41) is 3.10. The van der Waals surface area contributed by atoms with E-state index >= 15 is 0 Å². The van der Waals surface area contributed by atoms with Gasteiger partial charge in [-0.2, -0.15) is 0 Å². The summed E-state index contributed by atoms with van der Waals surface area (Å²) < 4.78 is 27.0. The maximum absolute atomic E-state index is 12.2. The highest BCUT2D eigenvalue weighted by atomic mass is 32.2. The molecule has 0 aliphatic heterocycles. The van der Waals surface area contributed by atoms with Crippen LogP contribution in [-0.2, 0) is 14.8 Å². The van der Waals surface area contributed by atoms with E-state index in [0.717, 1.165) is 6.42 Å². The third-order valence-electron chi connectivity index (χ3n) is 2.73. The number of para-hydroxylation sites is 1. The van der Waals surface area contributed by atoms with Gasteiger partial charge in [0, 0.05) is 19.0 Å². The number of unbranched alkanes of at least 4 members (excludes halogenated alkanes) is 1. The van der Waals surface area contributed by atoms with Gasteiger partial charge in [-0.15, -0.1) is 0 Å². The number of nitrogens with one attached hydrogen (secondary N) is 2. The Morgan fingerprint density at radius 3 is 2.52 bits per heavy atom. The van der Waals surface area contributed by atoms with Crippen molar-refractivity contribution < 1.29 is 13.2 Å². The van der Waals surface area contributed by atoms with E-state index in [1.165, 1.54) is 0 Å². The van der Waals surface area contributed by atoms with Crippen LogP contribution in [0.1, 0.15) is 33.1 Å². The molecule has 0 aromatic heterocycles. The number of amides is 1. The van der Waals surface area contributed by atoms with Crippen LogP contribution in [0.15, 0.2) is 29.2 Å². The van der Waals surface area contributed by atoms with Crippen molar-refractivity contribution in [1.82, 2.24) is 4.72 Å². The quantitative estimate of drug-likeness (QED) is 0.600. The smallest absolute Gasteiger partial charge is 0.242 e. The summed E-state index contributed by atoms with van der Waals surface area (Å²) >= 11 is 0. The Morgan fingerprint density at radius 2 is 1.90 bits per heavy atom. The van der Waals surface area contributed by atoms with Crippen LogP contribution in [0.3, 0.4) is 0 Å². The number of carbonyl (C=O) groups is 1. The normalized spacial score (nSPS) is 11.6. The molecule has 0 saturated carbocycles. The predicted octanol–water partition coefficient (Wildman–Crippen LogP) is 1.44. The molecule has 1 aromatic rings. The number of sulfonamides is 1. The number of anilines is 1. The van der Waals surface area contributed by atoms with Crippen molar-refractivity contribution in [3.8, 4) is 0 Å². The third-order valence-corrected chi connectivity index (χ3v) is 4.45. The topological polar surface area (TPSA) is 101 Å². The van der Waals surface area contributed by atoms with Crippen molar-refractivity contribution in [2.75, 3.05) is 11.9 Å². The minimum Gasteiger partial charge on any atom is -0.384 e. The Kier molecular flexibility index (Phi) is 6.64. The van der Waals surface area contributed by atoms with E-state index < -0.39 is 10.0 Å². The molecule has 21 heavy (non-hydrogen) atoms. The zero-order chi connectivity index (χ0) is 15.9. The number of rotatable bonds is 9. The number of benzene rings is 1. The van der Waals surface area contributed by atoms with Crippen LogP contribution in [0.2, 0.25) is 0 Å². The van der Waals surface area contributed by atoms with Gasteiger partial charge < -0.3 is 11.1 Å². The van der Waals surface area contributed by atoms with Gasteiger partial charge in [-0.25, -0.2) is 13.1 Å². The van der Waals surface area contributed by atoms with E-state index in [1.54, 1.807) is 38.1 Å². The van der Waals surface area contributed by atoms with Crippen molar-refractivity contribution in [3.63, 3.8) is 0 Å². The highest BCUT2D eigenvalue weighted by Gasteiger charge is 2.18. The van der Waals surface area contributed by atoms with Crippen molar-refractivity contribution in [1.29, 1.82) is 0 Å². The number of hydrogen-bond acceptors (Lipinski definition) is 4. The van der Waals surface area contributed by atoms with Crippen molar-refractivity contribution >= 4 is 21.6 Å². The molecule has 0 unspecified atom stereocenters. The zero-order valence-electron chi connectivity index (χ0n) is 12.4. The fourth-order valence-corrected chi connectivity index (χ4v) is 3.30. The first-order valence-electron chi connectivity index (χ1n) is 6.96. The van der Waals surface area contributed by atoms with Gasteiger partial charge in [0.15, 0.2) is 0 Å². The van der Waals surface area contributed by atoms with Gasteiger partial charge in [-0.1, -0.05) is 12.1 Å². The van der Waals surface area contributed by atoms with E-state index in [2.05, 4.69) is 10.0 Å². The number of primary amides is 1. The molecule has 1 amide bonds. The molecule has 1 rings (SSSR count). The van der Waals surface area contributed by atoms with Crippen LogP contribution in [0.25, 0.3) is 0 Å². The number of hydrogen-bond donors (Lipinski definition) is 3. The Balaban J connectivity index is 2.69. The molecule has 0 heterocycles. The lowest BCUT2D eigenvalue weighted by molar-refractivity contribution is -0.118. The van der Waals surface area contributed by atoms with Crippen LogP contribution in [-0.4, -0.2) is 26.9 Å². The average molecular weight is 313 g/mol. The molecule has 0 bridgehead atoms. The molecule has 0 spiro atoms. The predicted molar refractivity (Wildman–Crippen MR) is 83.4 cm³/mol. The SMILES string of the molecule is CC(C)NS(=O)(=O)c1ccccc1NCCCCC(N)=O. The summed E-state index contributed by atoms with van der Waals surface area (Å²) in [5.41, 5.74) is 5.63. The molecule has 0 fully saturated rings. The first-order valence-corrected chi connectivity index (χ1v) is 8.45. The first kappa shape index (κ1) is 17.5. The molecule has 0 aliphatic carbocycles. The van der Waals surface area contributed by atoms with Crippen LogP contribution >= 0.6 is 0 Å². The van der Waals surface area contributed by atoms with E-state index in [4.69, 9.17) is 5.73 Å². The summed E-state index contributed by atoms with van der Waals surface area (Å²) in [6.07, 6.45) is 1.77. The number of carbonyl (C=O) groups excluding carboxylic acids is 1. The van der Waals surface area contributed by atoms with Crippen LogP contribution in [0, 0.1) is 0 Å². The lowest BCUT2D eigenvalue weighted by Gasteiger charge is -2.14. The van der Waals surface area contributed by atoms with Crippen LogP contribution in [0.5, 0.6) is 0 Å². The standard InChI is InChI=1S/C14H23N3O3S/c1-11(2)17-21(19,20)13-8-4-3-7-12(13)16-10-6-5-9-14(15)18/h3-4,7-8,11,16-17H,5-6,9-10H2,1-2H3,(H2,15,18). The van der Waals surface area contributed by atoms with E-state index in [0.29, 0.717) is 25.1 Å². The largest absolute Gasteiger partial charge is 0.384 e. The minimum absolute atomic E-state index is 0.168. The maximum atomic E-state index is 12.2. The lowest BCUT2D eigenvalue weighted by Crippen LogP contribution is -2.30. The number of nitrogens with two attached hydrogens (primary N) is 1.